The standard InChI is InChI=1S/C20H35N5/c1-18(19-9-5-4-6-10-19)17-23-20(21-2)22-11-7-13-25-14-8-12-24(3)15-16-25/h4-6,9-10,18H,7-8,11-17H2,1-3H3,(H2,21,22,23). The van der Waals surface area contributed by atoms with Crippen molar-refractivity contribution in [2.45, 2.75) is 25.7 Å². The Balaban J connectivity index is 1.62. The molecule has 0 bridgehead atoms. The second-order valence-electron chi connectivity index (χ2n) is 7.04. The van der Waals surface area contributed by atoms with Crippen molar-refractivity contribution < 1.29 is 0 Å². The minimum atomic E-state index is 0.467. The molecule has 1 fully saturated rings. The molecule has 5 nitrogen and oxygen atoms in total. The molecule has 1 atom stereocenters. The molecule has 2 rings (SSSR count). The summed E-state index contributed by atoms with van der Waals surface area (Å²) in [5.74, 6) is 1.37. The summed E-state index contributed by atoms with van der Waals surface area (Å²) in [6.07, 6.45) is 2.43. The molecule has 1 aliphatic heterocycles. The molecule has 0 aromatic heterocycles. The van der Waals surface area contributed by atoms with Gasteiger partial charge in [-0.2, -0.15) is 0 Å². The summed E-state index contributed by atoms with van der Waals surface area (Å²) in [7, 11) is 4.06. The van der Waals surface area contributed by atoms with Crippen LogP contribution < -0.4 is 10.6 Å². The van der Waals surface area contributed by atoms with Crippen LogP contribution in [0.25, 0.3) is 0 Å². The lowest BCUT2D eigenvalue weighted by Gasteiger charge is -2.20. The van der Waals surface area contributed by atoms with E-state index >= 15 is 0 Å². The van der Waals surface area contributed by atoms with Crippen LogP contribution in [-0.2, 0) is 0 Å². The fraction of sp³-hybridized carbons (Fsp3) is 0.650. The van der Waals surface area contributed by atoms with Gasteiger partial charge >= 0.3 is 0 Å². The molecule has 1 saturated heterocycles. The maximum atomic E-state index is 4.34. The molecule has 1 aromatic carbocycles. The highest BCUT2D eigenvalue weighted by molar-refractivity contribution is 5.79. The Kier molecular flexibility index (Phi) is 8.77. The largest absolute Gasteiger partial charge is 0.356 e. The zero-order valence-electron chi connectivity index (χ0n) is 16.2. The van der Waals surface area contributed by atoms with Crippen molar-refractivity contribution in [3.8, 4) is 0 Å². The highest BCUT2D eigenvalue weighted by atomic mass is 15.2. The molecule has 1 heterocycles. The second-order valence-corrected chi connectivity index (χ2v) is 7.04. The third-order valence-electron chi connectivity index (χ3n) is 4.92. The second kappa shape index (κ2) is 11.1. The smallest absolute Gasteiger partial charge is 0.190 e. The van der Waals surface area contributed by atoms with Crippen LogP contribution >= 0.6 is 0 Å². The van der Waals surface area contributed by atoms with Crippen LogP contribution in [0.3, 0.4) is 0 Å². The predicted molar refractivity (Wildman–Crippen MR) is 107 cm³/mol. The first-order valence-electron chi connectivity index (χ1n) is 9.59. The third-order valence-corrected chi connectivity index (χ3v) is 4.92. The number of rotatable bonds is 7. The molecule has 0 spiro atoms. The highest BCUT2D eigenvalue weighted by Crippen LogP contribution is 2.12. The van der Waals surface area contributed by atoms with Gasteiger partial charge in [0, 0.05) is 33.2 Å². The minimum Gasteiger partial charge on any atom is -0.356 e. The number of hydrogen-bond acceptors (Lipinski definition) is 3. The van der Waals surface area contributed by atoms with E-state index in [1.54, 1.807) is 0 Å². The van der Waals surface area contributed by atoms with E-state index in [1.165, 1.54) is 38.2 Å². The first-order chi connectivity index (χ1) is 12.2. The Bertz CT molecular complexity index is 502. The molecule has 25 heavy (non-hydrogen) atoms. The number of nitrogens with zero attached hydrogens (tertiary/aromatic N) is 3. The zero-order chi connectivity index (χ0) is 17.9. The van der Waals surface area contributed by atoms with E-state index in [2.05, 4.69) is 69.7 Å². The van der Waals surface area contributed by atoms with Crippen LogP contribution in [0, 0.1) is 0 Å². The van der Waals surface area contributed by atoms with E-state index in [4.69, 9.17) is 0 Å². The zero-order valence-corrected chi connectivity index (χ0v) is 16.2. The maximum absolute atomic E-state index is 4.34. The van der Waals surface area contributed by atoms with E-state index in [1.807, 2.05) is 7.05 Å². The highest BCUT2D eigenvalue weighted by Gasteiger charge is 2.11. The summed E-state index contributed by atoms with van der Waals surface area (Å²) in [6, 6.07) is 10.6. The number of hydrogen-bond donors (Lipinski definition) is 2. The Morgan fingerprint density at radius 2 is 1.92 bits per heavy atom. The SMILES string of the molecule is CN=C(NCCCN1CCCN(C)CC1)NCC(C)c1ccccc1. The fourth-order valence-electron chi connectivity index (χ4n) is 3.20. The average Bonchev–Trinajstić information content (AvgIpc) is 2.86. The summed E-state index contributed by atoms with van der Waals surface area (Å²) >= 11 is 0. The van der Waals surface area contributed by atoms with Gasteiger partial charge in [-0.1, -0.05) is 37.3 Å². The van der Waals surface area contributed by atoms with Crippen molar-refractivity contribution in [1.82, 2.24) is 20.4 Å². The Morgan fingerprint density at radius 3 is 2.68 bits per heavy atom. The van der Waals surface area contributed by atoms with Crippen LogP contribution in [0.2, 0.25) is 0 Å². The lowest BCUT2D eigenvalue weighted by atomic mass is 10.0. The molecular weight excluding hydrogens is 310 g/mol. The minimum absolute atomic E-state index is 0.467. The number of nitrogens with one attached hydrogen (secondary N) is 2. The van der Waals surface area contributed by atoms with E-state index in [-0.39, 0.29) is 0 Å². The number of benzene rings is 1. The molecule has 1 aromatic rings. The molecule has 140 valence electrons. The van der Waals surface area contributed by atoms with E-state index in [0.29, 0.717) is 5.92 Å². The number of likely N-dealkylation sites (N-methyl/N-ethyl adjacent to an activating group) is 1. The Hall–Kier alpha value is -1.59. The van der Waals surface area contributed by atoms with E-state index in [9.17, 15) is 0 Å². The summed E-state index contributed by atoms with van der Waals surface area (Å²) in [4.78, 5) is 9.35. The predicted octanol–water partition coefficient (Wildman–Crippen LogP) is 1.98. The lowest BCUT2D eigenvalue weighted by Crippen LogP contribution is -2.40. The summed E-state index contributed by atoms with van der Waals surface area (Å²) < 4.78 is 0. The van der Waals surface area contributed by atoms with Gasteiger partial charge in [0.2, 0.25) is 0 Å². The molecule has 1 aliphatic rings. The normalized spacial score (nSPS) is 18.6. The van der Waals surface area contributed by atoms with Gasteiger partial charge in [-0.15, -0.1) is 0 Å². The molecule has 1 unspecified atom stereocenters. The first kappa shape index (κ1) is 19.7. The lowest BCUT2D eigenvalue weighted by molar-refractivity contribution is 0.274. The molecule has 0 amide bonds. The number of guanidine groups is 1. The quantitative estimate of drug-likeness (QED) is 0.451. The summed E-state index contributed by atoms with van der Waals surface area (Å²) in [6.45, 7) is 10.1. The van der Waals surface area contributed by atoms with Crippen molar-refractivity contribution in [3.05, 3.63) is 35.9 Å². The van der Waals surface area contributed by atoms with Crippen LogP contribution in [0.15, 0.2) is 35.3 Å². The molecular formula is C20H35N5. The van der Waals surface area contributed by atoms with E-state index in [0.717, 1.165) is 32.0 Å². The fourth-order valence-corrected chi connectivity index (χ4v) is 3.20. The summed E-state index contributed by atoms with van der Waals surface area (Å²) in [5.41, 5.74) is 1.36. The van der Waals surface area contributed by atoms with Crippen LogP contribution in [-0.4, -0.2) is 75.7 Å². The third kappa shape index (κ3) is 7.45. The first-order valence-corrected chi connectivity index (χ1v) is 9.59. The topological polar surface area (TPSA) is 42.9 Å². The maximum Gasteiger partial charge on any atom is 0.190 e. The molecule has 0 radical (unpaired) electrons. The van der Waals surface area contributed by atoms with Gasteiger partial charge < -0.3 is 20.4 Å². The van der Waals surface area contributed by atoms with Gasteiger partial charge in [0.25, 0.3) is 0 Å². The van der Waals surface area contributed by atoms with Crippen molar-refractivity contribution in [3.63, 3.8) is 0 Å². The van der Waals surface area contributed by atoms with Crippen LogP contribution in [0.4, 0.5) is 0 Å². The van der Waals surface area contributed by atoms with Gasteiger partial charge in [-0.25, -0.2) is 0 Å². The molecule has 5 heteroatoms. The molecule has 0 saturated carbocycles. The monoisotopic (exact) mass is 345 g/mol. The van der Waals surface area contributed by atoms with Crippen LogP contribution in [0.1, 0.15) is 31.2 Å². The van der Waals surface area contributed by atoms with Gasteiger partial charge in [0.05, 0.1) is 0 Å². The average molecular weight is 346 g/mol. The van der Waals surface area contributed by atoms with Gasteiger partial charge in [0.15, 0.2) is 5.96 Å². The van der Waals surface area contributed by atoms with Crippen LogP contribution in [0.5, 0.6) is 0 Å². The Morgan fingerprint density at radius 1 is 1.12 bits per heavy atom. The summed E-state index contributed by atoms with van der Waals surface area (Å²) in [5, 5.41) is 6.88. The molecule has 0 aliphatic carbocycles. The Labute approximate surface area is 153 Å². The van der Waals surface area contributed by atoms with Gasteiger partial charge in [0.1, 0.15) is 0 Å². The van der Waals surface area contributed by atoms with Crippen molar-refractivity contribution >= 4 is 5.96 Å². The van der Waals surface area contributed by atoms with Crippen molar-refractivity contribution in [2.75, 3.05) is 59.9 Å². The van der Waals surface area contributed by atoms with Gasteiger partial charge in [-0.3, -0.25) is 4.99 Å². The van der Waals surface area contributed by atoms with Crippen molar-refractivity contribution in [2.24, 2.45) is 4.99 Å². The van der Waals surface area contributed by atoms with Gasteiger partial charge in [-0.05, 0) is 51.0 Å². The number of aliphatic imine (C=N–C) groups is 1. The van der Waals surface area contributed by atoms with Crippen molar-refractivity contribution in [1.29, 1.82) is 0 Å². The molecule has 2 N–H and O–H groups in total. The van der Waals surface area contributed by atoms with E-state index < -0.39 is 0 Å².